The summed E-state index contributed by atoms with van der Waals surface area (Å²) in [5, 5.41) is 27.3. The largest absolute Gasteiger partial charge is 0.330 e. The normalized spacial score (nSPS) is 8.72. The van der Waals surface area contributed by atoms with Crippen molar-refractivity contribution in [2.75, 3.05) is 24.6 Å². The van der Waals surface area contributed by atoms with Gasteiger partial charge in [0.1, 0.15) is 0 Å². The molecule has 0 spiro atoms. The molecule has 0 saturated heterocycles. The number of hydrogen-bond acceptors (Lipinski definition) is 8. The van der Waals surface area contributed by atoms with Crippen LogP contribution in [0.25, 0.3) is 0 Å². The van der Waals surface area contributed by atoms with Gasteiger partial charge in [0.25, 0.3) is 10.2 Å². The molecule has 0 bridgehead atoms. The number of rotatable bonds is 8. The Labute approximate surface area is 164 Å². The van der Waals surface area contributed by atoms with Gasteiger partial charge >= 0.3 is 0 Å². The number of hydrogen-bond donors (Lipinski definition) is 4. The van der Waals surface area contributed by atoms with Crippen LogP contribution in [0.1, 0.15) is 11.1 Å². The van der Waals surface area contributed by atoms with E-state index >= 15 is 0 Å². The standard InChI is InChI=1S/C12H20N2S2.Cu.2HNO3/c13-5-7-15-9-11-3-1-2-4-12(11)10-16-8-6-14;;2*2-1(3)4/h1-4H,5-10,13-14H2;;2*(H,2,3,4). The van der Waals surface area contributed by atoms with E-state index in [2.05, 4.69) is 24.3 Å². The van der Waals surface area contributed by atoms with Crippen LogP contribution in [0.15, 0.2) is 24.3 Å². The second-order valence-corrected chi connectivity index (χ2v) is 6.14. The molecule has 149 valence electrons. The van der Waals surface area contributed by atoms with Gasteiger partial charge < -0.3 is 21.9 Å². The molecule has 1 radical (unpaired) electrons. The SMILES string of the molecule is NCCSCc1ccccc1CSCCN.O=[N+]([O-])O.O=[N+]([O-])O.[Cu]. The Morgan fingerprint density at radius 1 is 0.880 bits per heavy atom. The molecule has 1 aromatic rings. The van der Waals surface area contributed by atoms with E-state index in [1.165, 1.54) is 11.1 Å². The Morgan fingerprint density at radius 3 is 1.40 bits per heavy atom. The van der Waals surface area contributed by atoms with E-state index in [0.29, 0.717) is 0 Å². The molecule has 0 amide bonds. The predicted octanol–water partition coefficient (Wildman–Crippen LogP) is 1.37. The van der Waals surface area contributed by atoms with Gasteiger partial charge in [0.2, 0.25) is 0 Å². The molecule has 0 atom stereocenters. The minimum Gasteiger partial charge on any atom is -0.330 e. The molecule has 25 heavy (non-hydrogen) atoms. The van der Waals surface area contributed by atoms with Crippen molar-refractivity contribution in [1.29, 1.82) is 0 Å². The third-order valence-electron chi connectivity index (χ3n) is 2.16. The summed E-state index contributed by atoms with van der Waals surface area (Å²) in [6.07, 6.45) is 0. The van der Waals surface area contributed by atoms with Gasteiger partial charge in [-0.05, 0) is 11.1 Å². The molecule has 0 heterocycles. The first-order chi connectivity index (χ1) is 11.3. The monoisotopic (exact) mass is 445 g/mol. The van der Waals surface area contributed by atoms with Gasteiger partial charge in [0, 0.05) is 53.2 Å². The fraction of sp³-hybridized carbons (Fsp3) is 0.500. The Hall–Kier alpha value is -1.24. The average molecular weight is 446 g/mol. The zero-order valence-electron chi connectivity index (χ0n) is 13.2. The van der Waals surface area contributed by atoms with Crippen LogP contribution in [-0.4, -0.2) is 45.2 Å². The third-order valence-corrected chi connectivity index (χ3v) is 4.24. The Bertz CT molecular complexity index is 424. The van der Waals surface area contributed by atoms with E-state index in [4.69, 9.17) is 42.1 Å². The molecule has 13 heteroatoms. The maximum atomic E-state index is 8.36. The molecule has 0 unspecified atom stereocenters. The minimum absolute atomic E-state index is 0. The van der Waals surface area contributed by atoms with Gasteiger partial charge in [-0.25, -0.2) is 0 Å². The van der Waals surface area contributed by atoms with E-state index in [1.54, 1.807) is 0 Å². The van der Waals surface area contributed by atoms with E-state index in [9.17, 15) is 0 Å². The molecule has 1 aromatic carbocycles. The Balaban J connectivity index is -0.000000454. The Kier molecular flexibility index (Phi) is 23.8. The summed E-state index contributed by atoms with van der Waals surface area (Å²) in [4.78, 5) is 16.7. The van der Waals surface area contributed by atoms with Crippen LogP contribution in [0.2, 0.25) is 0 Å². The Morgan fingerprint density at radius 2 is 1.16 bits per heavy atom. The van der Waals surface area contributed by atoms with Gasteiger partial charge in [0.15, 0.2) is 0 Å². The molecular formula is C12H22CuN4O6S2. The molecule has 0 fully saturated rings. The topological polar surface area (TPSA) is 179 Å². The summed E-state index contributed by atoms with van der Waals surface area (Å²) in [6, 6.07) is 8.63. The maximum absolute atomic E-state index is 8.36. The first-order valence-corrected chi connectivity index (χ1v) is 8.95. The van der Waals surface area contributed by atoms with Gasteiger partial charge in [-0.15, -0.1) is 20.2 Å². The van der Waals surface area contributed by atoms with E-state index in [0.717, 1.165) is 36.1 Å². The van der Waals surface area contributed by atoms with E-state index in [1.807, 2.05) is 23.5 Å². The summed E-state index contributed by atoms with van der Waals surface area (Å²) < 4.78 is 0. The zero-order valence-corrected chi connectivity index (χ0v) is 15.8. The molecular weight excluding hydrogens is 424 g/mol. The van der Waals surface area contributed by atoms with Crippen LogP contribution >= 0.6 is 23.5 Å². The molecule has 6 N–H and O–H groups in total. The number of thioether (sulfide) groups is 2. The van der Waals surface area contributed by atoms with Crippen molar-refractivity contribution < 1.29 is 37.7 Å². The molecule has 0 aromatic heterocycles. The van der Waals surface area contributed by atoms with Crippen LogP contribution in [0, 0.1) is 20.2 Å². The first kappa shape index (κ1) is 28.6. The molecule has 0 aliphatic heterocycles. The fourth-order valence-corrected chi connectivity index (χ4v) is 3.00. The fourth-order valence-electron chi connectivity index (χ4n) is 1.37. The van der Waals surface area contributed by atoms with Crippen LogP contribution in [0.3, 0.4) is 0 Å². The molecule has 0 aliphatic carbocycles. The average Bonchev–Trinajstić information content (AvgIpc) is 2.48. The van der Waals surface area contributed by atoms with Gasteiger partial charge in [-0.3, -0.25) is 0 Å². The van der Waals surface area contributed by atoms with Crippen molar-refractivity contribution in [1.82, 2.24) is 0 Å². The number of benzene rings is 1. The zero-order chi connectivity index (χ0) is 18.8. The molecule has 10 nitrogen and oxygen atoms in total. The summed E-state index contributed by atoms with van der Waals surface area (Å²) >= 11 is 3.80. The minimum atomic E-state index is -1.50. The van der Waals surface area contributed by atoms with Crippen LogP contribution in [0.5, 0.6) is 0 Å². The molecule has 1 rings (SSSR count). The predicted molar refractivity (Wildman–Crippen MR) is 94.4 cm³/mol. The van der Waals surface area contributed by atoms with Crippen molar-refractivity contribution in [2.45, 2.75) is 11.5 Å². The van der Waals surface area contributed by atoms with Crippen molar-refractivity contribution in [3.05, 3.63) is 55.6 Å². The molecule has 0 saturated carbocycles. The number of nitrogens with two attached hydrogens (primary N) is 2. The van der Waals surface area contributed by atoms with Crippen molar-refractivity contribution in [3.8, 4) is 0 Å². The van der Waals surface area contributed by atoms with Gasteiger partial charge in [-0.1, -0.05) is 24.3 Å². The summed E-state index contributed by atoms with van der Waals surface area (Å²) in [5.41, 5.74) is 13.9. The van der Waals surface area contributed by atoms with E-state index in [-0.39, 0.29) is 17.1 Å². The summed E-state index contributed by atoms with van der Waals surface area (Å²) in [6.45, 7) is 1.52. The van der Waals surface area contributed by atoms with Crippen LogP contribution in [0.4, 0.5) is 0 Å². The second kappa shape index (κ2) is 20.8. The smallest absolute Gasteiger partial charge is 0.291 e. The second-order valence-electron chi connectivity index (χ2n) is 3.93. The maximum Gasteiger partial charge on any atom is 0.291 e. The van der Waals surface area contributed by atoms with Crippen LogP contribution in [-0.2, 0) is 28.6 Å². The first-order valence-electron chi connectivity index (χ1n) is 6.64. The quantitative estimate of drug-likeness (QED) is 0.197. The van der Waals surface area contributed by atoms with Crippen molar-refractivity contribution in [2.24, 2.45) is 11.5 Å². The van der Waals surface area contributed by atoms with Crippen molar-refractivity contribution in [3.63, 3.8) is 0 Å². The molecule has 0 aliphatic rings. The van der Waals surface area contributed by atoms with E-state index < -0.39 is 10.2 Å². The van der Waals surface area contributed by atoms with Gasteiger partial charge in [0.05, 0.1) is 0 Å². The summed E-state index contributed by atoms with van der Waals surface area (Å²) in [5.74, 6) is 4.20. The number of nitrogens with zero attached hydrogens (tertiary/aromatic N) is 2. The van der Waals surface area contributed by atoms with Gasteiger partial charge in [-0.2, -0.15) is 23.5 Å². The third kappa shape index (κ3) is 25.1. The summed E-state index contributed by atoms with van der Waals surface area (Å²) in [7, 11) is 0. The van der Waals surface area contributed by atoms with Crippen molar-refractivity contribution >= 4 is 23.5 Å². The van der Waals surface area contributed by atoms with Crippen LogP contribution < -0.4 is 11.5 Å².